The van der Waals surface area contributed by atoms with E-state index in [2.05, 4.69) is 41.5 Å². The van der Waals surface area contributed by atoms with Crippen molar-refractivity contribution >= 4 is 10.9 Å². The lowest BCUT2D eigenvalue weighted by atomic mass is 9.75. The molecule has 0 fully saturated rings. The first kappa shape index (κ1) is 25.6. The Balaban J connectivity index is 1.18. The average Bonchev–Trinajstić information content (AvgIpc) is 3.19. The van der Waals surface area contributed by atoms with E-state index in [0.29, 0.717) is 24.4 Å². The predicted octanol–water partition coefficient (Wildman–Crippen LogP) is 6.58. The highest BCUT2D eigenvalue weighted by atomic mass is 16.5. The van der Waals surface area contributed by atoms with Crippen molar-refractivity contribution in [3.05, 3.63) is 123 Å². The Labute approximate surface area is 229 Å². The van der Waals surface area contributed by atoms with E-state index in [1.807, 2.05) is 42.5 Å². The lowest BCUT2D eigenvalue weighted by Crippen LogP contribution is -2.46. The Morgan fingerprint density at radius 2 is 1.97 bits per heavy atom. The number of benzene rings is 2. The number of hydrogen-bond donors (Lipinski definition) is 3. The van der Waals surface area contributed by atoms with E-state index in [1.165, 1.54) is 35.6 Å². The number of ether oxygens (including phenoxy) is 1. The van der Waals surface area contributed by atoms with Crippen LogP contribution >= 0.6 is 0 Å². The molecule has 0 bridgehead atoms. The molecular formula is C34H36N2O3. The third kappa shape index (κ3) is 5.56. The molecule has 0 radical (unpaired) electrons. The van der Waals surface area contributed by atoms with Gasteiger partial charge in [0.1, 0.15) is 12.4 Å². The first-order valence-electron chi connectivity index (χ1n) is 14.0. The van der Waals surface area contributed by atoms with Gasteiger partial charge in [0.05, 0.1) is 11.6 Å². The molecule has 6 rings (SSSR count). The fourth-order valence-corrected chi connectivity index (χ4v) is 6.06. The summed E-state index contributed by atoms with van der Waals surface area (Å²) in [5.41, 5.74) is 7.97. The maximum atomic E-state index is 12.2. The molecular weight excluding hydrogens is 484 g/mol. The summed E-state index contributed by atoms with van der Waals surface area (Å²) in [6, 6.07) is 17.0. The molecule has 3 aromatic rings. The zero-order valence-corrected chi connectivity index (χ0v) is 22.5. The number of H-pyrrole nitrogens is 1. The second kappa shape index (κ2) is 10.8. The molecule has 0 aliphatic heterocycles. The number of fused-ring (bicyclic) bond motifs is 2. The van der Waals surface area contributed by atoms with Crippen LogP contribution in [0.1, 0.15) is 62.7 Å². The standard InChI is InChI=1S/C34H36N2O3/c1-34(17-16-26-18-24-10-6-3-7-11-25(24)19-27(26)20-34)35-21-30(37)28-12-14-31(33-29(28)13-15-32(38)36-33)39-22-23-8-4-2-5-9-23/h2,4-5,7-9,11-16,19,30,35,37H,3,6,10,17-18,20-22H2,1H3,(H,36,38)/t30-,34?/m0/s1. The van der Waals surface area contributed by atoms with Crippen molar-refractivity contribution in [1.29, 1.82) is 0 Å². The van der Waals surface area contributed by atoms with Gasteiger partial charge in [0.2, 0.25) is 5.56 Å². The summed E-state index contributed by atoms with van der Waals surface area (Å²) >= 11 is 0. The number of β-amino-alcohol motifs (C(OH)–C–C–N with tert-alkyl or cyclic N) is 1. The van der Waals surface area contributed by atoms with E-state index in [-0.39, 0.29) is 11.1 Å². The summed E-state index contributed by atoms with van der Waals surface area (Å²) in [5, 5.41) is 15.8. The van der Waals surface area contributed by atoms with Crippen molar-refractivity contribution < 1.29 is 9.84 Å². The zero-order valence-electron chi connectivity index (χ0n) is 22.5. The molecule has 3 aliphatic carbocycles. The lowest BCUT2D eigenvalue weighted by molar-refractivity contribution is 0.158. The maximum Gasteiger partial charge on any atom is 0.248 e. The number of aromatic nitrogens is 1. The summed E-state index contributed by atoms with van der Waals surface area (Å²) in [5.74, 6) is 0.595. The monoisotopic (exact) mass is 520 g/mol. The van der Waals surface area contributed by atoms with Gasteiger partial charge in [0, 0.05) is 23.5 Å². The number of aromatic amines is 1. The minimum atomic E-state index is -0.733. The van der Waals surface area contributed by atoms with Crippen LogP contribution in [0.3, 0.4) is 0 Å². The number of hydrogen-bond acceptors (Lipinski definition) is 4. The SMILES string of the molecule is CC1(NC[C@H](O)c2ccc(OCc3ccccc3)c3[nH]c(=O)ccc23)CC=C2CC3=C(C=CCCC3)C=C2C1. The molecule has 2 atom stereocenters. The highest BCUT2D eigenvalue weighted by Gasteiger charge is 2.32. The quantitative estimate of drug-likeness (QED) is 0.329. The first-order valence-corrected chi connectivity index (χ1v) is 14.0. The highest BCUT2D eigenvalue weighted by molar-refractivity contribution is 5.87. The molecule has 0 spiro atoms. The molecule has 200 valence electrons. The molecule has 0 saturated carbocycles. The molecule has 0 saturated heterocycles. The summed E-state index contributed by atoms with van der Waals surface area (Å²) in [7, 11) is 0. The number of aliphatic hydroxyl groups is 1. The Hall–Kier alpha value is -3.67. The number of aliphatic hydroxyl groups excluding tert-OH is 1. The third-order valence-corrected chi connectivity index (χ3v) is 8.29. The molecule has 3 N–H and O–H groups in total. The summed E-state index contributed by atoms with van der Waals surface area (Å²) in [6.07, 6.45) is 15.2. The van der Waals surface area contributed by atoms with Crippen LogP contribution in [0.5, 0.6) is 5.75 Å². The molecule has 2 aromatic carbocycles. The average molecular weight is 521 g/mol. The first-order chi connectivity index (χ1) is 19.0. The molecule has 5 heteroatoms. The van der Waals surface area contributed by atoms with Gasteiger partial charge in [-0.1, -0.05) is 66.3 Å². The van der Waals surface area contributed by atoms with E-state index in [9.17, 15) is 9.90 Å². The number of nitrogens with one attached hydrogen (secondary N) is 2. The highest BCUT2D eigenvalue weighted by Crippen LogP contribution is 2.41. The minimum Gasteiger partial charge on any atom is -0.487 e. The molecule has 0 amide bonds. The third-order valence-electron chi connectivity index (χ3n) is 8.29. The molecule has 1 aromatic heterocycles. The summed E-state index contributed by atoms with van der Waals surface area (Å²) in [4.78, 5) is 15.1. The van der Waals surface area contributed by atoms with Crippen molar-refractivity contribution in [2.75, 3.05) is 6.54 Å². The van der Waals surface area contributed by atoms with Crippen LogP contribution in [0.15, 0.2) is 106 Å². The van der Waals surface area contributed by atoms with E-state index in [0.717, 1.165) is 42.2 Å². The molecule has 1 heterocycles. The second-order valence-corrected chi connectivity index (χ2v) is 11.3. The number of allylic oxidation sites excluding steroid dienone is 6. The Morgan fingerprint density at radius 3 is 2.85 bits per heavy atom. The van der Waals surface area contributed by atoms with Gasteiger partial charge in [-0.25, -0.2) is 0 Å². The lowest BCUT2D eigenvalue weighted by Gasteiger charge is -2.38. The largest absolute Gasteiger partial charge is 0.487 e. The van der Waals surface area contributed by atoms with Gasteiger partial charge in [-0.05, 0) is 85.4 Å². The minimum absolute atomic E-state index is 0.133. The Kier molecular flexibility index (Phi) is 7.11. The fraction of sp³-hybridized carbons (Fsp3) is 0.324. The van der Waals surface area contributed by atoms with E-state index >= 15 is 0 Å². The van der Waals surface area contributed by atoms with Crippen LogP contribution in [-0.2, 0) is 6.61 Å². The van der Waals surface area contributed by atoms with Crippen LogP contribution in [0.2, 0.25) is 0 Å². The topological polar surface area (TPSA) is 74.3 Å². The van der Waals surface area contributed by atoms with Crippen molar-refractivity contribution in [3.63, 3.8) is 0 Å². The van der Waals surface area contributed by atoms with E-state index < -0.39 is 6.10 Å². The van der Waals surface area contributed by atoms with Crippen molar-refractivity contribution in [2.24, 2.45) is 0 Å². The van der Waals surface area contributed by atoms with Crippen LogP contribution < -0.4 is 15.6 Å². The molecule has 39 heavy (non-hydrogen) atoms. The number of pyridine rings is 1. The molecule has 3 aliphatic rings. The van der Waals surface area contributed by atoms with Gasteiger partial charge < -0.3 is 20.1 Å². The van der Waals surface area contributed by atoms with Gasteiger partial charge in [0.15, 0.2) is 0 Å². The van der Waals surface area contributed by atoms with Crippen molar-refractivity contribution in [1.82, 2.24) is 10.3 Å². The van der Waals surface area contributed by atoms with Gasteiger partial charge in [-0.15, -0.1) is 0 Å². The Morgan fingerprint density at radius 1 is 1.10 bits per heavy atom. The summed E-state index contributed by atoms with van der Waals surface area (Å²) < 4.78 is 6.07. The normalized spacial score (nSPS) is 21.5. The molecule has 5 nitrogen and oxygen atoms in total. The van der Waals surface area contributed by atoms with Gasteiger partial charge in [-0.2, -0.15) is 0 Å². The maximum absolute atomic E-state index is 12.2. The fourth-order valence-electron chi connectivity index (χ4n) is 6.06. The van der Waals surface area contributed by atoms with Crippen molar-refractivity contribution in [3.8, 4) is 5.75 Å². The summed E-state index contributed by atoms with van der Waals surface area (Å²) in [6.45, 7) is 3.06. The van der Waals surface area contributed by atoms with Crippen LogP contribution in [0.4, 0.5) is 0 Å². The van der Waals surface area contributed by atoms with Gasteiger partial charge in [0.25, 0.3) is 0 Å². The number of rotatable bonds is 7. The zero-order chi connectivity index (χ0) is 26.8. The van der Waals surface area contributed by atoms with E-state index in [1.54, 1.807) is 11.6 Å². The second-order valence-electron chi connectivity index (χ2n) is 11.3. The van der Waals surface area contributed by atoms with Crippen LogP contribution in [0, 0.1) is 0 Å². The van der Waals surface area contributed by atoms with Gasteiger partial charge >= 0.3 is 0 Å². The predicted molar refractivity (Wildman–Crippen MR) is 157 cm³/mol. The van der Waals surface area contributed by atoms with Crippen molar-refractivity contribution in [2.45, 2.75) is 63.7 Å². The smallest absolute Gasteiger partial charge is 0.248 e. The van der Waals surface area contributed by atoms with E-state index in [4.69, 9.17) is 4.74 Å². The Bertz CT molecular complexity index is 1560. The van der Waals surface area contributed by atoms with Crippen LogP contribution in [0.25, 0.3) is 10.9 Å². The molecule has 1 unspecified atom stereocenters. The van der Waals surface area contributed by atoms with Gasteiger partial charge in [-0.3, -0.25) is 4.79 Å². The van der Waals surface area contributed by atoms with Crippen LogP contribution in [-0.4, -0.2) is 22.2 Å².